The average molecular weight is 415 g/mol. The summed E-state index contributed by atoms with van der Waals surface area (Å²) in [5.74, 6) is -0.307. The summed E-state index contributed by atoms with van der Waals surface area (Å²) in [7, 11) is 0. The number of rotatable bonds is 11. The van der Waals surface area contributed by atoms with Crippen molar-refractivity contribution in [3.8, 4) is 0 Å². The molecule has 2 N–H and O–H groups in total. The minimum atomic E-state index is -0.734. The number of thiophene rings is 1. The number of allylic oxidation sites excluding steroid dienone is 2. The summed E-state index contributed by atoms with van der Waals surface area (Å²) < 4.78 is 1.18. The molecule has 5 heteroatoms. The molecule has 0 radical (unpaired) electrons. The monoisotopic (exact) mass is 414 g/mol. The first-order valence-corrected chi connectivity index (χ1v) is 11.4. The standard InChI is InChI=1S/C24H30O4S/c1-16-14-21(26)19(18(16)9-4-2-3-5-11-24(27)28)12-13-20(25)23-15-17-8-6-7-10-22(17)29-23/h6-8,10,14-15,18-20,25H,2-5,9,11-13H2,1H3,(H,27,28)/t18-,19+,20+/m0/s1. The van der Waals surface area contributed by atoms with Crippen molar-refractivity contribution in [2.45, 2.75) is 64.4 Å². The Morgan fingerprint density at radius 3 is 2.62 bits per heavy atom. The molecule has 29 heavy (non-hydrogen) atoms. The fraction of sp³-hybridized carbons (Fsp3) is 0.500. The number of hydrogen-bond donors (Lipinski definition) is 2. The van der Waals surface area contributed by atoms with E-state index < -0.39 is 12.1 Å². The molecule has 3 atom stereocenters. The van der Waals surface area contributed by atoms with E-state index in [1.165, 1.54) is 4.70 Å². The zero-order valence-electron chi connectivity index (χ0n) is 17.0. The number of benzene rings is 1. The van der Waals surface area contributed by atoms with E-state index in [-0.39, 0.29) is 24.0 Å². The van der Waals surface area contributed by atoms with E-state index in [1.807, 2.05) is 19.1 Å². The molecular formula is C24H30O4S. The lowest BCUT2D eigenvalue weighted by atomic mass is 9.83. The van der Waals surface area contributed by atoms with Gasteiger partial charge in [0.1, 0.15) is 0 Å². The van der Waals surface area contributed by atoms with Gasteiger partial charge in [-0.2, -0.15) is 0 Å². The third kappa shape index (κ3) is 5.77. The first-order valence-electron chi connectivity index (χ1n) is 10.6. The maximum atomic E-state index is 12.5. The summed E-state index contributed by atoms with van der Waals surface area (Å²) in [6.45, 7) is 2.04. The number of hydrogen-bond acceptors (Lipinski definition) is 4. The highest BCUT2D eigenvalue weighted by atomic mass is 32.1. The minimum absolute atomic E-state index is 0.0296. The van der Waals surface area contributed by atoms with Crippen LogP contribution >= 0.6 is 11.3 Å². The number of fused-ring (bicyclic) bond motifs is 1. The Hall–Kier alpha value is -1.98. The van der Waals surface area contributed by atoms with Gasteiger partial charge >= 0.3 is 5.97 Å². The van der Waals surface area contributed by atoms with Gasteiger partial charge in [0.15, 0.2) is 5.78 Å². The summed E-state index contributed by atoms with van der Waals surface area (Å²) in [6.07, 6.45) is 7.41. The van der Waals surface area contributed by atoms with Crippen molar-refractivity contribution in [3.63, 3.8) is 0 Å². The second-order valence-electron chi connectivity index (χ2n) is 8.13. The summed E-state index contributed by atoms with van der Waals surface area (Å²) in [5.41, 5.74) is 1.15. The smallest absolute Gasteiger partial charge is 0.303 e. The second-order valence-corrected chi connectivity index (χ2v) is 9.25. The highest BCUT2D eigenvalue weighted by molar-refractivity contribution is 7.19. The molecule has 0 fully saturated rings. The number of carbonyl (C=O) groups is 2. The first-order chi connectivity index (χ1) is 14.0. The molecule has 1 aliphatic rings. The van der Waals surface area contributed by atoms with Gasteiger partial charge in [0, 0.05) is 21.9 Å². The molecule has 3 rings (SSSR count). The molecule has 2 aromatic rings. The Morgan fingerprint density at radius 2 is 1.86 bits per heavy atom. The second kappa shape index (κ2) is 10.2. The normalized spacial score (nSPS) is 20.2. The molecule has 1 aromatic heterocycles. The predicted octanol–water partition coefficient (Wildman–Crippen LogP) is 5.90. The van der Waals surface area contributed by atoms with Crippen molar-refractivity contribution in [1.82, 2.24) is 0 Å². The van der Waals surface area contributed by atoms with Gasteiger partial charge < -0.3 is 10.2 Å². The molecule has 4 nitrogen and oxygen atoms in total. The molecule has 0 bridgehead atoms. The van der Waals surface area contributed by atoms with Gasteiger partial charge in [-0.1, -0.05) is 43.0 Å². The molecule has 156 valence electrons. The van der Waals surface area contributed by atoms with Crippen molar-refractivity contribution in [1.29, 1.82) is 0 Å². The van der Waals surface area contributed by atoms with Crippen molar-refractivity contribution in [3.05, 3.63) is 46.9 Å². The van der Waals surface area contributed by atoms with E-state index in [4.69, 9.17) is 5.11 Å². The number of ketones is 1. The molecule has 0 amide bonds. The van der Waals surface area contributed by atoms with Crippen LogP contribution in [0.5, 0.6) is 0 Å². The summed E-state index contributed by atoms with van der Waals surface area (Å²) >= 11 is 1.62. The van der Waals surface area contributed by atoms with Gasteiger partial charge in [0.25, 0.3) is 0 Å². The molecule has 1 aliphatic carbocycles. The van der Waals surface area contributed by atoms with Gasteiger partial charge in [-0.15, -0.1) is 11.3 Å². The first kappa shape index (κ1) is 21.7. The summed E-state index contributed by atoms with van der Waals surface area (Å²) in [4.78, 5) is 24.0. The zero-order valence-corrected chi connectivity index (χ0v) is 17.8. The van der Waals surface area contributed by atoms with Crippen molar-refractivity contribution < 1.29 is 19.8 Å². The van der Waals surface area contributed by atoms with E-state index in [0.717, 1.165) is 47.9 Å². The lowest BCUT2D eigenvalue weighted by molar-refractivity contribution is -0.137. The van der Waals surface area contributed by atoms with Gasteiger partial charge in [-0.05, 0) is 62.1 Å². The van der Waals surface area contributed by atoms with Crippen molar-refractivity contribution in [2.75, 3.05) is 0 Å². The highest BCUT2D eigenvalue weighted by Crippen LogP contribution is 2.39. The SMILES string of the molecule is CC1=CC(=O)[C@H](CC[C@@H](O)c2cc3ccccc3s2)[C@H]1CCCCCCC(=O)O. The van der Waals surface area contributed by atoms with E-state index in [1.54, 1.807) is 17.4 Å². The van der Waals surface area contributed by atoms with Crippen LogP contribution in [0.4, 0.5) is 0 Å². The van der Waals surface area contributed by atoms with Crippen molar-refractivity contribution >= 4 is 33.2 Å². The van der Waals surface area contributed by atoms with Crippen LogP contribution in [-0.4, -0.2) is 22.0 Å². The number of carboxylic acids is 1. The van der Waals surface area contributed by atoms with Crippen LogP contribution in [-0.2, 0) is 9.59 Å². The number of unbranched alkanes of at least 4 members (excludes halogenated alkanes) is 3. The van der Waals surface area contributed by atoms with Gasteiger partial charge in [-0.25, -0.2) is 0 Å². The Labute approximate surface area is 176 Å². The van der Waals surface area contributed by atoms with E-state index in [9.17, 15) is 14.7 Å². The number of aliphatic carboxylic acids is 1. The third-order valence-corrected chi connectivity index (χ3v) is 7.20. The number of carboxylic acid groups (broad SMARTS) is 1. The lowest BCUT2D eigenvalue weighted by Crippen LogP contribution is -2.18. The largest absolute Gasteiger partial charge is 0.481 e. The third-order valence-electron chi connectivity index (χ3n) is 5.99. The molecule has 0 unspecified atom stereocenters. The molecule has 0 saturated heterocycles. The molecule has 1 heterocycles. The fourth-order valence-electron chi connectivity index (χ4n) is 4.37. The van der Waals surface area contributed by atoms with Crippen LogP contribution in [0.3, 0.4) is 0 Å². The lowest BCUT2D eigenvalue weighted by Gasteiger charge is -2.21. The number of aliphatic hydroxyl groups excluding tert-OH is 1. The molecule has 0 aliphatic heterocycles. The van der Waals surface area contributed by atoms with E-state index >= 15 is 0 Å². The van der Waals surface area contributed by atoms with Crippen LogP contribution < -0.4 is 0 Å². The maximum Gasteiger partial charge on any atom is 0.303 e. The van der Waals surface area contributed by atoms with Crippen LogP contribution in [0.2, 0.25) is 0 Å². The van der Waals surface area contributed by atoms with Gasteiger partial charge in [0.2, 0.25) is 0 Å². The van der Waals surface area contributed by atoms with Crippen LogP contribution in [0.15, 0.2) is 42.0 Å². The zero-order chi connectivity index (χ0) is 20.8. The van der Waals surface area contributed by atoms with Crippen molar-refractivity contribution in [2.24, 2.45) is 11.8 Å². The minimum Gasteiger partial charge on any atom is -0.481 e. The van der Waals surface area contributed by atoms with Gasteiger partial charge in [0.05, 0.1) is 6.10 Å². The summed E-state index contributed by atoms with van der Waals surface area (Å²) in [5, 5.41) is 20.5. The Bertz CT molecular complexity index is 849. The van der Waals surface area contributed by atoms with E-state index in [0.29, 0.717) is 12.8 Å². The fourth-order valence-corrected chi connectivity index (χ4v) is 5.45. The summed E-state index contributed by atoms with van der Waals surface area (Å²) in [6, 6.07) is 10.2. The van der Waals surface area contributed by atoms with Crippen LogP contribution in [0.25, 0.3) is 10.1 Å². The Balaban J connectivity index is 1.49. The van der Waals surface area contributed by atoms with E-state index in [2.05, 4.69) is 18.2 Å². The highest BCUT2D eigenvalue weighted by Gasteiger charge is 2.33. The number of aliphatic hydroxyl groups is 1. The van der Waals surface area contributed by atoms with Crippen LogP contribution in [0, 0.1) is 11.8 Å². The molecule has 1 aromatic carbocycles. The molecular weight excluding hydrogens is 384 g/mol. The molecule has 0 spiro atoms. The Morgan fingerprint density at radius 1 is 1.10 bits per heavy atom. The number of carbonyl (C=O) groups excluding carboxylic acids is 1. The quantitative estimate of drug-likeness (QED) is 0.449. The average Bonchev–Trinajstić information content (AvgIpc) is 3.23. The Kier molecular flexibility index (Phi) is 7.62. The van der Waals surface area contributed by atoms with Crippen LogP contribution in [0.1, 0.15) is 69.3 Å². The molecule has 0 saturated carbocycles. The predicted molar refractivity (Wildman–Crippen MR) is 117 cm³/mol. The maximum absolute atomic E-state index is 12.5. The van der Waals surface area contributed by atoms with Gasteiger partial charge in [-0.3, -0.25) is 9.59 Å². The topological polar surface area (TPSA) is 74.6 Å².